The molecule has 0 saturated heterocycles. The van der Waals surface area contributed by atoms with Crippen molar-refractivity contribution in [3.63, 3.8) is 0 Å². The Kier molecular flexibility index (Phi) is 6.73. The molecule has 3 aromatic heterocycles. The monoisotopic (exact) mass is 521 g/mol. The maximum Gasteiger partial charge on any atom is 0.269 e. The summed E-state index contributed by atoms with van der Waals surface area (Å²) in [6.45, 7) is 0.827. The average Bonchev–Trinajstić information content (AvgIpc) is 3.49. The second-order valence-electron chi connectivity index (χ2n) is 7.80. The first kappa shape index (κ1) is 23.6. The van der Waals surface area contributed by atoms with Crippen LogP contribution in [0.25, 0.3) is 21.3 Å². The molecule has 5 rings (SSSR count). The van der Waals surface area contributed by atoms with Gasteiger partial charge in [-0.25, -0.2) is 14.6 Å². The first-order valence-corrected chi connectivity index (χ1v) is 12.7. The zero-order valence-electron chi connectivity index (χ0n) is 18.7. The minimum atomic E-state index is -0.476. The minimum Gasteiger partial charge on any atom is -0.354 e. The second kappa shape index (κ2) is 10.3. The fraction of sp³-hybridized carbons (Fsp3) is 0.174. The zero-order chi connectivity index (χ0) is 25.1. The van der Waals surface area contributed by atoms with E-state index in [9.17, 15) is 19.7 Å². The predicted octanol–water partition coefficient (Wildman–Crippen LogP) is 3.07. The molecule has 0 atom stereocenters. The summed E-state index contributed by atoms with van der Waals surface area (Å²) in [7, 11) is 0. The lowest BCUT2D eigenvalue weighted by Gasteiger charge is -2.07. The van der Waals surface area contributed by atoms with Crippen molar-refractivity contribution >= 4 is 55.9 Å². The van der Waals surface area contributed by atoms with Crippen molar-refractivity contribution in [2.75, 3.05) is 12.3 Å². The first-order valence-electron chi connectivity index (χ1n) is 10.9. The number of nitrogens with one attached hydrogen (secondary N) is 1. The number of nitrogens with zero attached hydrogens (tertiary/aromatic N) is 6. The maximum absolute atomic E-state index is 12.9. The highest BCUT2D eigenvalue weighted by atomic mass is 32.2. The number of hydrogen-bond donors (Lipinski definition) is 1. The molecule has 36 heavy (non-hydrogen) atoms. The molecule has 0 aliphatic heterocycles. The lowest BCUT2D eigenvalue weighted by Crippen LogP contribution is -2.29. The van der Waals surface area contributed by atoms with Gasteiger partial charge in [-0.05, 0) is 17.7 Å². The zero-order valence-corrected chi connectivity index (χ0v) is 20.4. The largest absolute Gasteiger partial charge is 0.354 e. The molecule has 0 aliphatic carbocycles. The minimum absolute atomic E-state index is 0.0390. The van der Waals surface area contributed by atoms with Crippen molar-refractivity contribution in [2.24, 2.45) is 0 Å². The topological polar surface area (TPSA) is 138 Å². The van der Waals surface area contributed by atoms with Crippen LogP contribution in [0.1, 0.15) is 5.56 Å². The number of nitro benzene ring substituents is 1. The van der Waals surface area contributed by atoms with E-state index in [4.69, 9.17) is 0 Å². The van der Waals surface area contributed by atoms with E-state index in [0.717, 1.165) is 14.6 Å². The van der Waals surface area contributed by atoms with Crippen molar-refractivity contribution in [2.45, 2.75) is 17.4 Å². The lowest BCUT2D eigenvalue weighted by atomic mass is 10.2. The van der Waals surface area contributed by atoms with Crippen LogP contribution in [0.2, 0.25) is 0 Å². The number of fused-ring (bicyclic) bond motifs is 2. The maximum atomic E-state index is 12.9. The van der Waals surface area contributed by atoms with Gasteiger partial charge < -0.3 is 5.32 Å². The normalized spacial score (nSPS) is 11.2. The fourth-order valence-corrected chi connectivity index (χ4v) is 5.53. The predicted molar refractivity (Wildman–Crippen MR) is 137 cm³/mol. The van der Waals surface area contributed by atoms with E-state index in [1.165, 1.54) is 41.0 Å². The van der Waals surface area contributed by atoms with E-state index in [0.29, 0.717) is 29.7 Å². The smallest absolute Gasteiger partial charge is 0.269 e. The number of amides is 1. The van der Waals surface area contributed by atoms with E-state index in [2.05, 4.69) is 20.4 Å². The Hall–Kier alpha value is -4.10. The van der Waals surface area contributed by atoms with Crippen LogP contribution in [0.5, 0.6) is 0 Å². The van der Waals surface area contributed by atoms with Crippen LogP contribution in [-0.2, 0) is 17.9 Å². The Balaban J connectivity index is 1.18. The van der Waals surface area contributed by atoms with Gasteiger partial charge in [-0.2, -0.15) is 5.10 Å². The number of rotatable bonds is 9. The molecule has 5 aromatic rings. The fourth-order valence-electron chi connectivity index (χ4n) is 3.63. The van der Waals surface area contributed by atoms with Crippen molar-refractivity contribution in [1.29, 1.82) is 0 Å². The molecule has 0 radical (unpaired) electrons. The van der Waals surface area contributed by atoms with E-state index in [1.54, 1.807) is 28.2 Å². The van der Waals surface area contributed by atoms with Crippen molar-refractivity contribution in [1.82, 2.24) is 29.6 Å². The van der Waals surface area contributed by atoms with Gasteiger partial charge in [0.15, 0.2) is 9.99 Å². The van der Waals surface area contributed by atoms with Crippen LogP contribution in [0.15, 0.2) is 70.2 Å². The number of para-hydroxylation sites is 1. The summed E-state index contributed by atoms with van der Waals surface area (Å²) in [4.78, 5) is 44.5. The van der Waals surface area contributed by atoms with Gasteiger partial charge in [0.25, 0.3) is 11.2 Å². The molecule has 13 heteroatoms. The molecule has 0 spiro atoms. The van der Waals surface area contributed by atoms with Gasteiger partial charge in [-0.1, -0.05) is 36.0 Å². The molecule has 0 unspecified atom stereocenters. The van der Waals surface area contributed by atoms with E-state index in [-0.39, 0.29) is 29.5 Å². The Morgan fingerprint density at radius 2 is 2.06 bits per heavy atom. The van der Waals surface area contributed by atoms with Gasteiger partial charge in [-0.15, -0.1) is 11.3 Å². The summed E-state index contributed by atoms with van der Waals surface area (Å²) >= 11 is 2.95. The molecule has 182 valence electrons. The molecule has 0 bridgehead atoms. The molecular weight excluding hydrogens is 502 g/mol. The highest BCUT2D eigenvalue weighted by molar-refractivity contribution is 8.01. The van der Waals surface area contributed by atoms with Crippen molar-refractivity contribution in [3.8, 4) is 0 Å². The van der Waals surface area contributed by atoms with Gasteiger partial charge >= 0.3 is 0 Å². The number of aromatic nitrogens is 5. The summed E-state index contributed by atoms with van der Waals surface area (Å²) < 4.78 is 4.88. The molecule has 11 nitrogen and oxygen atoms in total. The van der Waals surface area contributed by atoms with E-state index >= 15 is 0 Å². The van der Waals surface area contributed by atoms with Gasteiger partial charge in [-0.3, -0.25) is 24.3 Å². The Bertz CT molecular complexity index is 1610. The summed E-state index contributed by atoms with van der Waals surface area (Å²) in [6.07, 6.45) is 2.84. The van der Waals surface area contributed by atoms with Crippen LogP contribution in [0.4, 0.5) is 5.69 Å². The van der Waals surface area contributed by atoms with Crippen LogP contribution in [-0.4, -0.2) is 47.4 Å². The van der Waals surface area contributed by atoms with Gasteiger partial charge in [0.2, 0.25) is 5.91 Å². The number of benzene rings is 2. The number of carbonyl (C=O) groups excluding carboxylic acids is 1. The number of thioether (sulfide) groups is 1. The quantitative estimate of drug-likeness (QED) is 0.177. The number of hydrogen-bond acceptors (Lipinski definition) is 9. The average molecular weight is 522 g/mol. The third-order valence-electron chi connectivity index (χ3n) is 5.34. The number of nitro groups is 1. The molecule has 0 fully saturated rings. The van der Waals surface area contributed by atoms with Gasteiger partial charge in [0.1, 0.15) is 11.7 Å². The van der Waals surface area contributed by atoms with Gasteiger partial charge in [0, 0.05) is 18.7 Å². The third-order valence-corrected chi connectivity index (χ3v) is 7.52. The molecular formula is C23H19N7O4S2. The SMILES string of the molecule is O=C(CSc1nc2ccccc2s1)NCCn1ncc2c(=O)n(Cc3cccc([N+](=O)[O-])c3)cnc21. The number of carbonyl (C=O) groups is 1. The summed E-state index contributed by atoms with van der Waals surface area (Å²) in [5, 5.41) is 18.4. The van der Waals surface area contributed by atoms with Crippen LogP contribution < -0.4 is 10.9 Å². The number of thiazole rings is 1. The standard InChI is InChI=1S/C23H19N7O4S2/c31-20(13-35-23-27-18-6-1-2-7-19(18)36-23)24-8-9-29-21-17(11-26-29)22(32)28(14-25-21)12-15-4-3-5-16(10-15)30(33)34/h1-7,10-11,14H,8-9,12-13H2,(H,24,31). The summed E-state index contributed by atoms with van der Waals surface area (Å²) in [5.74, 6) is 0.128. The summed E-state index contributed by atoms with van der Waals surface area (Å²) in [6, 6.07) is 14.0. The third kappa shape index (κ3) is 5.11. The molecule has 1 N–H and O–H groups in total. The first-order chi connectivity index (χ1) is 17.5. The molecule has 0 saturated carbocycles. The second-order valence-corrected chi connectivity index (χ2v) is 10.0. The van der Waals surface area contributed by atoms with Gasteiger partial charge in [0.05, 0.1) is 40.2 Å². The van der Waals surface area contributed by atoms with Crippen LogP contribution >= 0.6 is 23.1 Å². The molecule has 1 amide bonds. The van der Waals surface area contributed by atoms with Crippen molar-refractivity contribution in [3.05, 3.63) is 87.1 Å². The van der Waals surface area contributed by atoms with Crippen LogP contribution in [0.3, 0.4) is 0 Å². The van der Waals surface area contributed by atoms with E-state index < -0.39 is 4.92 Å². The Morgan fingerprint density at radius 3 is 2.89 bits per heavy atom. The van der Waals surface area contributed by atoms with Crippen LogP contribution in [0, 0.1) is 10.1 Å². The summed E-state index contributed by atoms with van der Waals surface area (Å²) in [5.41, 5.74) is 1.62. The molecule has 2 aromatic carbocycles. The highest BCUT2D eigenvalue weighted by Gasteiger charge is 2.13. The number of non-ortho nitro benzene ring substituents is 1. The highest BCUT2D eigenvalue weighted by Crippen LogP contribution is 2.29. The van der Waals surface area contributed by atoms with E-state index in [1.807, 2.05) is 24.3 Å². The molecule has 3 heterocycles. The molecule has 0 aliphatic rings. The lowest BCUT2D eigenvalue weighted by molar-refractivity contribution is -0.384. The van der Waals surface area contributed by atoms with Crippen molar-refractivity contribution < 1.29 is 9.72 Å². The Morgan fingerprint density at radius 1 is 1.19 bits per heavy atom. The Labute approximate surface area is 211 Å².